The third-order valence-corrected chi connectivity index (χ3v) is 4.13. The minimum atomic E-state index is -0.134. The summed E-state index contributed by atoms with van der Waals surface area (Å²) in [6, 6.07) is 7.73. The van der Waals surface area contributed by atoms with Crippen LogP contribution in [-0.2, 0) is 4.79 Å². The van der Waals surface area contributed by atoms with Crippen molar-refractivity contribution < 1.29 is 9.53 Å². The van der Waals surface area contributed by atoms with Gasteiger partial charge in [0, 0.05) is 12.7 Å². The van der Waals surface area contributed by atoms with Gasteiger partial charge in [0.15, 0.2) is 5.13 Å². The third kappa shape index (κ3) is 3.11. The zero-order valence-corrected chi connectivity index (χ0v) is 12.9. The van der Waals surface area contributed by atoms with Crippen molar-refractivity contribution in [3.05, 3.63) is 30.5 Å². The topological polar surface area (TPSA) is 42.4 Å². The summed E-state index contributed by atoms with van der Waals surface area (Å²) in [5.74, 6) is 0.640. The molecule has 0 aliphatic rings. The Morgan fingerprint density at radius 2 is 2.10 bits per heavy atom. The lowest BCUT2D eigenvalue weighted by Gasteiger charge is -2.15. The van der Waals surface area contributed by atoms with Crippen molar-refractivity contribution in [1.82, 2.24) is 4.98 Å². The maximum Gasteiger partial charge on any atom is 0.243 e. The van der Waals surface area contributed by atoms with E-state index < -0.39 is 0 Å². The Morgan fingerprint density at radius 3 is 2.65 bits per heavy atom. The third-order valence-electron chi connectivity index (χ3n) is 2.83. The average molecular weight is 311 g/mol. The van der Waals surface area contributed by atoms with E-state index in [0.717, 1.165) is 16.2 Å². The van der Waals surface area contributed by atoms with Gasteiger partial charge in [0.05, 0.1) is 12.0 Å². The van der Waals surface area contributed by atoms with E-state index >= 15 is 0 Å². The summed E-state index contributed by atoms with van der Waals surface area (Å²) in [5.41, 5.74) is 1.05. The molecule has 0 unspecified atom stereocenters. The maximum absolute atomic E-state index is 11.7. The molecule has 0 bridgehead atoms. The number of amides is 1. The Bertz CT molecular complexity index is 583. The molecule has 0 aliphatic heterocycles. The summed E-state index contributed by atoms with van der Waals surface area (Å²) in [6.07, 6.45) is 1.77. The number of aromatic nitrogens is 1. The summed E-state index contributed by atoms with van der Waals surface area (Å²) in [5, 5.41) is 0.670. The fourth-order valence-electron chi connectivity index (χ4n) is 1.77. The van der Waals surface area contributed by atoms with E-state index in [9.17, 15) is 4.79 Å². The van der Waals surface area contributed by atoms with Gasteiger partial charge in [-0.25, -0.2) is 4.98 Å². The van der Waals surface area contributed by atoms with Gasteiger partial charge in [-0.3, -0.25) is 9.69 Å². The van der Waals surface area contributed by atoms with Crippen LogP contribution in [0.25, 0.3) is 10.4 Å². The fourth-order valence-corrected chi connectivity index (χ4v) is 2.92. The number of hydrogen-bond donors (Lipinski definition) is 0. The first-order valence-corrected chi connectivity index (χ1v) is 7.51. The molecule has 20 heavy (non-hydrogen) atoms. The second-order valence-electron chi connectivity index (χ2n) is 4.01. The maximum atomic E-state index is 11.7. The van der Waals surface area contributed by atoms with Crippen LogP contribution < -0.4 is 9.64 Å². The summed E-state index contributed by atoms with van der Waals surface area (Å²) in [7, 11) is 1.64. The molecule has 0 aliphatic carbocycles. The summed E-state index contributed by atoms with van der Waals surface area (Å²) < 4.78 is 5.13. The molecule has 0 spiro atoms. The Morgan fingerprint density at radius 1 is 1.40 bits per heavy atom. The Hall–Kier alpha value is -1.59. The number of anilines is 1. The molecule has 2 aromatic rings. The van der Waals surface area contributed by atoms with Gasteiger partial charge in [-0.1, -0.05) is 11.3 Å². The summed E-state index contributed by atoms with van der Waals surface area (Å²) >= 11 is 7.07. The highest BCUT2D eigenvalue weighted by atomic mass is 35.5. The molecule has 0 N–H and O–H groups in total. The molecule has 106 valence electrons. The van der Waals surface area contributed by atoms with Crippen molar-refractivity contribution in [2.24, 2.45) is 0 Å². The molecule has 2 rings (SSSR count). The van der Waals surface area contributed by atoms with Crippen molar-refractivity contribution in [3.63, 3.8) is 0 Å². The molecular weight excluding hydrogens is 296 g/mol. The minimum absolute atomic E-state index is 0.0364. The van der Waals surface area contributed by atoms with Crippen molar-refractivity contribution >= 4 is 34.0 Å². The van der Waals surface area contributed by atoms with E-state index in [0.29, 0.717) is 11.7 Å². The van der Waals surface area contributed by atoms with E-state index in [1.165, 1.54) is 11.3 Å². The first-order chi connectivity index (χ1) is 9.69. The summed E-state index contributed by atoms with van der Waals surface area (Å²) in [4.78, 5) is 18.6. The SMILES string of the molecule is CCN(C(=O)CCl)c1ncc(-c2ccc(OC)cc2)s1. The molecule has 1 heterocycles. The number of hydrogen-bond acceptors (Lipinski definition) is 4. The normalized spacial score (nSPS) is 10.3. The molecule has 1 aromatic carbocycles. The lowest BCUT2D eigenvalue weighted by atomic mass is 10.2. The number of thiazole rings is 1. The second kappa shape index (κ2) is 6.72. The smallest absolute Gasteiger partial charge is 0.243 e. The lowest BCUT2D eigenvalue weighted by molar-refractivity contribution is -0.116. The number of methoxy groups -OCH3 is 1. The quantitative estimate of drug-likeness (QED) is 0.795. The molecule has 0 fully saturated rings. The highest BCUT2D eigenvalue weighted by Gasteiger charge is 2.16. The number of halogens is 1. The van der Waals surface area contributed by atoms with Crippen LogP contribution in [0.1, 0.15) is 6.92 Å². The van der Waals surface area contributed by atoms with Gasteiger partial charge < -0.3 is 4.74 Å². The fraction of sp³-hybridized carbons (Fsp3) is 0.286. The molecular formula is C14H15ClN2O2S. The van der Waals surface area contributed by atoms with Crippen LogP contribution >= 0.6 is 22.9 Å². The molecule has 6 heteroatoms. The zero-order valence-electron chi connectivity index (χ0n) is 11.3. The van der Waals surface area contributed by atoms with Gasteiger partial charge in [-0.15, -0.1) is 11.6 Å². The van der Waals surface area contributed by atoms with E-state index in [-0.39, 0.29) is 11.8 Å². The number of carbonyl (C=O) groups is 1. The predicted molar refractivity (Wildman–Crippen MR) is 82.8 cm³/mol. The van der Waals surface area contributed by atoms with E-state index in [4.69, 9.17) is 16.3 Å². The molecule has 0 atom stereocenters. The Labute approximate surface area is 127 Å². The number of rotatable bonds is 5. The zero-order chi connectivity index (χ0) is 14.5. The monoisotopic (exact) mass is 310 g/mol. The van der Waals surface area contributed by atoms with Crippen LogP contribution in [0.5, 0.6) is 5.75 Å². The lowest BCUT2D eigenvalue weighted by Crippen LogP contribution is -2.31. The molecule has 1 aromatic heterocycles. The molecule has 4 nitrogen and oxygen atoms in total. The van der Waals surface area contributed by atoms with Gasteiger partial charge in [-0.2, -0.15) is 0 Å². The molecule has 0 radical (unpaired) electrons. The van der Waals surface area contributed by atoms with Crippen molar-refractivity contribution in [3.8, 4) is 16.2 Å². The minimum Gasteiger partial charge on any atom is -0.497 e. The van der Waals surface area contributed by atoms with Crippen LogP contribution in [0.15, 0.2) is 30.5 Å². The van der Waals surface area contributed by atoms with Crippen LogP contribution in [0.3, 0.4) is 0 Å². The van der Waals surface area contributed by atoms with E-state index in [1.807, 2.05) is 31.2 Å². The number of nitrogens with zero attached hydrogens (tertiary/aromatic N) is 2. The van der Waals surface area contributed by atoms with Crippen LogP contribution in [0.4, 0.5) is 5.13 Å². The molecule has 1 amide bonds. The standard InChI is InChI=1S/C14H15ClN2O2S/c1-3-17(13(18)8-15)14-16-9-12(20-14)10-4-6-11(19-2)7-5-10/h4-7,9H,3,8H2,1-2H3. The van der Waals surface area contributed by atoms with Gasteiger partial charge in [0.1, 0.15) is 11.6 Å². The van der Waals surface area contributed by atoms with E-state index in [2.05, 4.69) is 4.98 Å². The molecule has 0 saturated heterocycles. The highest BCUT2D eigenvalue weighted by molar-refractivity contribution is 7.19. The first kappa shape index (κ1) is 14.8. The Kier molecular flexibility index (Phi) is 4.98. The van der Waals surface area contributed by atoms with Crippen LogP contribution in [0.2, 0.25) is 0 Å². The number of carbonyl (C=O) groups excluding carboxylic acids is 1. The van der Waals surface area contributed by atoms with Crippen molar-refractivity contribution in [1.29, 1.82) is 0 Å². The first-order valence-electron chi connectivity index (χ1n) is 6.16. The van der Waals surface area contributed by atoms with Crippen LogP contribution in [-0.4, -0.2) is 30.4 Å². The van der Waals surface area contributed by atoms with Crippen LogP contribution in [0, 0.1) is 0 Å². The average Bonchev–Trinajstić information content (AvgIpc) is 2.97. The van der Waals surface area contributed by atoms with Crippen molar-refractivity contribution in [2.45, 2.75) is 6.92 Å². The van der Waals surface area contributed by atoms with Gasteiger partial charge in [0.2, 0.25) is 5.91 Å². The van der Waals surface area contributed by atoms with Gasteiger partial charge >= 0.3 is 0 Å². The second-order valence-corrected chi connectivity index (χ2v) is 5.28. The number of alkyl halides is 1. The summed E-state index contributed by atoms with van der Waals surface area (Å²) in [6.45, 7) is 2.46. The van der Waals surface area contributed by atoms with Gasteiger partial charge in [0.25, 0.3) is 0 Å². The number of ether oxygens (including phenoxy) is 1. The van der Waals surface area contributed by atoms with E-state index in [1.54, 1.807) is 18.2 Å². The largest absolute Gasteiger partial charge is 0.497 e. The van der Waals surface area contributed by atoms with Crippen molar-refractivity contribution in [2.75, 3.05) is 24.4 Å². The number of benzene rings is 1. The predicted octanol–water partition coefficient (Wildman–Crippen LogP) is 3.41. The molecule has 0 saturated carbocycles. The Balaban J connectivity index is 2.25. The van der Waals surface area contributed by atoms with Gasteiger partial charge in [-0.05, 0) is 36.8 Å². The highest BCUT2D eigenvalue weighted by Crippen LogP contribution is 2.32.